The van der Waals surface area contributed by atoms with Crippen molar-refractivity contribution in [1.82, 2.24) is 9.78 Å². The number of rotatable bonds is 5. The number of anilines is 1. The van der Waals surface area contributed by atoms with Crippen molar-refractivity contribution >= 4 is 15.8 Å². The van der Waals surface area contributed by atoms with Crippen LogP contribution < -0.4 is 4.72 Å². The standard InChI is InChI=1S/C16H10F5N3O2S/c17-12-10(13(18)15(20)16(21)14(12)19)8-24-7-6-11(22-24)23-27(25,26)9-4-2-1-3-5-9/h1-7H,8H2,(H,22,23). The summed E-state index contributed by atoms with van der Waals surface area (Å²) >= 11 is 0. The fourth-order valence-electron chi connectivity index (χ4n) is 2.25. The summed E-state index contributed by atoms with van der Waals surface area (Å²) in [5.41, 5.74) is -1.09. The SMILES string of the molecule is O=S(=O)(Nc1ccn(Cc2c(F)c(F)c(F)c(F)c2F)n1)c1ccccc1. The van der Waals surface area contributed by atoms with Gasteiger partial charge in [-0.05, 0) is 12.1 Å². The Morgan fingerprint density at radius 3 is 2.00 bits per heavy atom. The molecule has 27 heavy (non-hydrogen) atoms. The Morgan fingerprint density at radius 1 is 0.852 bits per heavy atom. The van der Waals surface area contributed by atoms with Crippen LogP contribution >= 0.6 is 0 Å². The van der Waals surface area contributed by atoms with Crippen molar-refractivity contribution < 1.29 is 30.4 Å². The van der Waals surface area contributed by atoms with Gasteiger partial charge in [-0.15, -0.1) is 0 Å². The first kappa shape index (κ1) is 18.8. The van der Waals surface area contributed by atoms with Crippen molar-refractivity contribution in [3.05, 3.63) is 77.2 Å². The van der Waals surface area contributed by atoms with Gasteiger partial charge in [0.05, 0.1) is 17.0 Å². The predicted octanol–water partition coefficient (Wildman–Crippen LogP) is 3.43. The van der Waals surface area contributed by atoms with Crippen LogP contribution in [0.5, 0.6) is 0 Å². The monoisotopic (exact) mass is 403 g/mol. The zero-order valence-corrected chi connectivity index (χ0v) is 14.1. The minimum absolute atomic E-state index is 0.0423. The molecule has 142 valence electrons. The normalized spacial score (nSPS) is 11.6. The number of nitrogens with zero attached hydrogens (tertiary/aromatic N) is 2. The molecule has 0 atom stereocenters. The van der Waals surface area contributed by atoms with Gasteiger partial charge in [-0.3, -0.25) is 9.40 Å². The molecule has 1 aromatic heterocycles. The lowest BCUT2D eigenvalue weighted by Crippen LogP contribution is -2.14. The topological polar surface area (TPSA) is 64.0 Å². The number of nitrogens with one attached hydrogen (secondary N) is 1. The Hall–Kier alpha value is -2.95. The molecule has 0 radical (unpaired) electrons. The van der Waals surface area contributed by atoms with E-state index in [0.29, 0.717) is 0 Å². The molecule has 0 saturated heterocycles. The number of benzene rings is 2. The first-order chi connectivity index (χ1) is 12.7. The molecule has 0 spiro atoms. The molecule has 1 N–H and O–H groups in total. The summed E-state index contributed by atoms with van der Waals surface area (Å²) in [5.74, 6) is -10.5. The van der Waals surface area contributed by atoms with Crippen LogP contribution in [0.15, 0.2) is 47.5 Å². The predicted molar refractivity (Wildman–Crippen MR) is 84.8 cm³/mol. The lowest BCUT2D eigenvalue weighted by molar-refractivity contribution is 0.367. The molecule has 5 nitrogen and oxygen atoms in total. The molecule has 0 unspecified atom stereocenters. The van der Waals surface area contributed by atoms with Gasteiger partial charge in [-0.1, -0.05) is 18.2 Å². The van der Waals surface area contributed by atoms with E-state index >= 15 is 0 Å². The van der Waals surface area contributed by atoms with Gasteiger partial charge in [-0.25, -0.2) is 30.4 Å². The molecule has 11 heteroatoms. The first-order valence-corrected chi connectivity index (χ1v) is 8.80. The zero-order chi connectivity index (χ0) is 19.8. The van der Waals surface area contributed by atoms with Gasteiger partial charge >= 0.3 is 0 Å². The summed E-state index contributed by atoms with van der Waals surface area (Å²) in [6.45, 7) is -0.793. The van der Waals surface area contributed by atoms with Crippen molar-refractivity contribution in [1.29, 1.82) is 0 Å². The molecule has 0 saturated carbocycles. The van der Waals surface area contributed by atoms with Gasteiger partial charge in [0.2, 0.25) is 5.82 Å². The fraction of sp³-hybridized carbons (Fsp3) is 0.0625. The van der Waals surface area contributed by atoms with E-state index in [1.165, 1.54) is 30.3 Å². The summed E-state index contributed by atoms with van der Waals surface area (Å²) in [6.07, 6.45) is 1.13. The van der Waals surface area contributed by atoms with E-state index in [-0.39, 0.29) is 10.7 Å². The van der Waals surface area contributed by atoms with Crippen molar-refractivity contribution in [2.45, 2.75) is 11.4 Å². The van der Waals surface area contributed by atoms with Crippen LogP contribution in [0.25, 0.3) is 0 Å². The third-order valence-corrected chi connectivity index (χ3v) is 4.92. The minimum atomic E-state index is -3.95. The molecule has 0 aliphatic rings. The van der Waals surface area contributed by atoms with Crippen molar-refractivity contribution in [2.75, 3.05) is 4.72 Å². The third-order valence-electron chi connectivity index (χ3n) is 3.55. The fourth-order valence-corrected chi connectivity index (χ4v) is 3.27. The Labute approximate surface area is 150 Å². The van der Waals surface area contributed by atoms with E-state index in [9.17, 15) is 30.4 Å². The first-order valence-electron chi connectivity index (χ1n) is 7.32. The summed E-state index contributed by atoms with van der Waals surface area (Å²) < 4.78 is 94.3. The number of hydrogen-bond acceptors (Lipinski definition) is 3. The number of hydrogen-bond donors (Lipinski definition) is 1. The summed E-state index contributed by atoms with van der Waals surface area (Å²) in [7, 11) is -3.95. The highest BCUT2D eigenvalue weighted by Crippen LogP contribution is 2.24. The van der Waals surface area contributed by atoms with E-state index < -0.39 is 51.2 Å². The Morgan fingerprint density at radius 2 is 1.41 bits per heavy atom. The Bertz CT molecular complexity index is 1070. The van der Waals surface area contributed by atoms with Gasteiger partial charge < -0.3 is 0 Å². The second-order valence-electron chi connectivity index (χ2n) is 5.37. The van der Waals surface area contributed by atoms with E-state index in [2.05, 4.69) is 9.82 Å². The van der Waals surface area contributed by atoms with Gasteiger partial charge in [0.25, 0.3) is 10.0 Å². The molecule has 1 heterocycles. The second kappa shape index (κ2) is 6.99. The maximum atomic E-state index is 13.7. The highest BCUT2D eigenvalue weighted by molar-refractivity contribution is 7.92. The molecule has 3 aromatic rings. The van der Waals surface area contributed by atoms with Gasteiger partial charge in [0.1, 0.15) is 0 Å². The van der Waals surface area contributed by atoms with E-state index in [0.717, 1.165) is 10.9 Å². The third kappa shape index (κ3) is 3.63. The Balaban J connectivity index is 1.86. The molecule has 3 rings (SSSR count). The van der Waals surface area contributed by atoms with Crippen LogP contribution in [0.1, 0.15) is 5.56 Å². The maximum Gasteiger partial charge on any atom is 0.263 e. The van der Waals surface area contributed by atoms with Crippen molar-refractivity contribution in [3.8, 4) is 0 Å². The largest absolute Gasteiger partial charge is 0.266 e. The summed E-state index contributed by atoms with van der Waals surface area (Å²) in [5, 5.41) is 3.73. The van der Waals surface area contributed by atoms with Crippen LogP contribution in [0.3, 0.4) is 0 Å². The lowest BCUT2D eigenvalue weighted by Gasteiger charge is -2.08. The average Bonchev–Trinajstić information content (AvgIpc) is 3.09. The molecular formula is C16H10F5N3O2S. The molecule has 0 bridgehead atoms. The molecular weight excluding hydrogens is 393 g/mol. The van der Waals surface area contributed by atoms with Crippen LogP contribution in [0.4, 0.5) is 27.8 Å². The lowest BCUT2D eigenvalue weighted by atomic mass is 10.1. The zero-order valence-electron chi connectivity index (χ0n) is 13.3. The number of halogens is 5. The minimum Gasteiger partial charge on any atom is -0.266 e. The molecule has 0 fully saturated rings. The summed E-state index contributed by atoms with van der Waals surface area (Å²) in [4.78, 5) is -0.0423. The number of sulfonamides is 1. The smallest absolute Gasteiger partial charge is 0.263 e. The average molecular weight is 403 g/mol. The molecule has 2 aromatic carbocycles. The van der Waals surface area contributed by atoms with Crippen LogP contribution in [0, 0.1) is 29.1 Å². The molecule has 0 aliphatic heterocycles. The van der Waals surface area contributed by atoms with Crippen molar-refractivity contribution in [2.24, 2.45) is 0 Å². The second-order valence-corrected chi connectivity index (χ2v) is 7.05. The Kier molecular flexibility index (Phi) is 4.87. The van der Waals surface area contributed by atoms with Crippen LogP contribution in [-0.2, 0) is 16.6 Å². The quantitative estimate of drug-likeness (QED) is 0.403. The van der Waals surface area contributed by atoms with E-state index in [1.807, 2.05) is 0 Å². The van der Waals surface area contributed by atoms with Crippen molar-refractivity contribution in [3.63, 3.8) is 0 Å². The van der Waals surface area contributed by atoms with Gasteiger partial charge in [0, 0.05) is 12.3 Å². The van der Waals surface area contributed by atoms with Crippen LogP contribution in [0.2, 0.25) is 0 Å². The highest BCUT2D eigenvalue weighted by atomic mass is 32.2. The molecule has 0 amide bonds. The van der Waals surface area contributed by atoms with Gasteiger partial charge in [-0.2, -0.15) is 5.10 Å². The molecule has 0 aliphatic carbocycles. The maximum absolute atomic E-state index is 13.7. The number of aromatic nitrogens is 2. The van der Waals surface area contributed by atoms with Crippen LogP contribution in [-0.4, -0.2) is 18.2 Å². The van der Waals surface area contributed by atoms with Gasteiger partial charge in [0.15, 0.2) is 29.1 Å². The van der Waals surface area contributed by atoms with E-state index in [4.69, 9.17) is 0 Å². The van der Waals surface area contributed by atoms with E-state index in [1.54, 1.807) is 6.07 Å². The summed E-state index contributed by atoms with van der Waals surface area (Å²) in [6, 6.07) is 8.50. The highest BCUT2D eigenvalue weighted by Gasteiger charge is 2.26.